The van der Waals surface area contributed by atoms with Crippen LogP contribution in [0.25, 0.3) is 0 Å². The second-order valence-corrected chi connectivity index (χ2v) is 10.1. The Morgan fingerprint density at radius 2 is 2.00 bits per heavy atom. The molecular formula is C23H32N4O2S2. The van der Waals surface area contributed by atoms with E-state index in [1.54, 1.807) is 18.4 Å². The van der Waals surface area contributed by atoms with Crippen molar-refractivity contribution in [2.45, 2.75) is 44.9 Å². The molecule has 2 N–H and O–H groups in total. The predicted octanol–water partition coefficient (Wildman–Crippen LogP) is 4.39. The highest BCUT2D eigenvalue weighted by molar-refractivity contribution is 7.80. The lowest BCUT2D eigenvalue weighted by molar-refractivity contribution is 0.102. The number of amides is 1. The fourth-order valence-corrected chi connectivity index (χ4v) is 4.97. The van der Waals surface area contributed by atoms with Gasteiger partial charge in [0.25, 0.3) is 5.91 Å². The van der Waals surface area contributed by atoms with Crippen molar-refractivity contribution in [1.82, 2.24) is 15.2 Å². The Hall–Kier alpha value is -2.03. The van der Waals surface area contributed by atoms with Crippen LogP contribution in [0.1, 0.15) is 60.6 Å². The molecule has 1 aliphatic heterocycles. The molecule has 1 aromatic heterocycles. The topological polar surface area (TPSA) is 66.5 Å². The van der Waals surface area contributed by atoms with Gasteiger partial charge in [-0.2, -0.15) is 0 Å². The number of likely N-dealkylation sites (tertiary alicyclic amines) is 1. The Balaban J connectivity index is 1.58. The quantitative estimate of drug-likeness (QED) is 0.492. The molecule has 0 radical (unpaired) electrons. The van der Waals surface area contributed by atoms with Crippen LogP contribution in [0.5, 0.6) is 0 Å². The lowest BCUT2D eigenvalue weighted by Crippen LogP contribution is -2.44. The summed E-state index contributed by atoms with van der Waals surface area (Å²) in [5, 5.41) is 9.98. The fourth-order valence-electron chi connectivity index (χ4n) is 3.71. The Labute approximate surface area is 194 Å². The highest BCUT2D eigenvalue weighted by Gasteiger charge is 2.25. The largest absolute Gasteiger partial charge is 0.383 e. The normalized spacial score (nSPS) is 15.0. The number of piperidine rings is 1. The van der Waals surface area contributed by atoms with Gasteiger partial charge in [-0.1, -0.05) is 39.0 Å². The SMILES string of the molecule is COCCNC(=S)N1CCC(c2nc(C(=O)Nc3ccccc3C(C)(C)C)cs2)CC1. The molecule has 168 valence electrons. The van der Waals surface area contributed by atoms with Crippen molar-refractivity contribution in [3.63, 3.8) is 0 Å². The van der Waals surface area contributed by atoms with E-state index in [1.165, 1.54) is 0 Å². The molecule has 2 heterocycles. The van der Waals surface area contributed by atoms with Crippen LogP contribution in [0.15, 0.2) is 29.6 Å². The average molecular weight is 461 g/mol. The van der Waals surface area contributed by atoms with Crippen molar-refractivity contribution in [1.29, 1.82) is 0 Å². The third-order valence-corrected chi connectivity index (χ3v) is 6.86. The molecule has 0 unspecified atom stereocenters. The minimum atomic E-state index is -0.153. The number of thiocarbonyl (C=S) groups is 1. The van der Waals surface area contributed by atoms with E-state index in [2.05, 4.69) is 47.4 Å². The van der Waals surface area contributed by atoms with Gasteiger partial charge in [0.1, 0.15) is 5.69 Å². The van der Waals surface area contributed by atoms with Gasteiger partial charge in [-0.05, 0) is 42.1 Å². The molecule has 3 rings (SSSR count). The van der Waals surface area contributed by atoms with E-state index < -0.39 is 0 Å². The third-order valence-electron chi connectivity index (χ3n) is 5.45. The zero-order valence-electron chi connectivity index (χ0n) is 18.7. The molecule has 0 atom stereocenters. The summed E-state index contributed by atoms with van der Waals surface area (Å²) >= 11 is 7.05. The minimum absolute atomic E-state index is 0.0515. The van der Waals surface area contributed by atoms with Crippen LogP contribution in [0.2, 0.25) is 0 Å². The minimum Gasteiger partial charge on any atom is -0.383 e. The first-order chi connectivity index (χ1) is 14.8. The number of carbonyl (C=O) groups excluding carboxylic acids is 1. The Morgan fingerprint density at radius 3 is 2.68 bits per heavy atom. The highest BCUT2D eigenvalue weighted by Crippen LogP contribution is 2.32. The molecule has 1 amide bonds. The third kappa shape index (κ3) is 6.24. The Kier molecular flexibility index (Phi) is 8.02. The first-order valence-corrected chi connectivity index (χ1v) is 12.0. The van der Waals surface area contributed by atoms with Gasteiger partial charge in [0, 0.05) is 43.7 Å². The number of anilines is 1. The second-order valence-electron chi connectivity index (χ2n) is 8.81. The van der Waals surface area contributed by atoms with E-state index >= 15 is 0 Å². The maximum Gasteiger partial charge on any atom is 0.275 e. The summed E-state index contributed by atoms with van der Waals surface area (Å²) in [4.78, 5) is 19.7. The molecule has 1 aromatic carbocycles. The van der Waals surface area contributed by atoms with Crippen LogP contribution < -0.4 is 10.6 Å². The van der Waals surface area contributed by atoms with E-state index in [4.69, 9.17) is 17.0 Å². The summed E-state index contributed by atoms with van der Waals surface area (Å²) in [5.41, 5.74) is 2.39. The van der Waals surface area contributed by atoms with Crippen molar-refractivity contribution in [3.8, 4) is 0 Å². The summed E-state index contributed by atoms with van der Waals surface area (Å²) in [6.45, 7) is 9.57. The summed E-state index contributed by atoms with van der Waals surface area (Å²) in [5.74, 6) is 0.214. The van der Waals surface area contributed by atoms with E-state index in [9.17, 15) is 4.79 Å². The number of hydrogen-bond acceptors (Lipinski definition) is 5. The van der Waals surface area contributed by atoms with Crippen LogP contribution >= 0.6 is 23.6 Å². The maximum absolute atomic E-state index is 12.8. The van der Waals surface area contributed by atoms with Gasteiger partial charge in [-0.15, -0.1) is 11.3 Å². The van der Waals surface area contributed by atoms with Crippen LogP contribution in [-0.2, 0) is 10.2 Å². The monoisotopic (exact) mass is 460 g/mol. The van der Waals surface area contributed by atoms with Gasteiger partial charge in [-0.3, -0.25) is 4.79 Å². The van der Waals surface area contributed by atoms with Gasteiger partial charge in [0.2, 0.25) is 0 Å². The number of nitrogens with zero attached hydrogens (tertiary/aromatic N) is 2. The molecule has 0 spiro atoms. The van der Waals surface area contributed by atoms with Gasteiger partial charge < -0.3 is 20.3 Å². The van der Waals surface area contributed by atoms with Crippen molar-refractivity contribution >= 4 is 40.3 Å². The summed E-state index contributed by atoms with van der Waals surface area (Å²) in [6.07, 6.45) is 1.96. The van der Waals surface area contributed by atoms with E-state index in [1.807, 2.05) is 23.6 Å². The number of methoxy groups -OCH3 is 1. The Bertz CT molecular complexity index is 899. The van der Waals surface area contributed by atoms with Crippen molar-refractivity contribution in [2.75, 3.05) is 38.7 Å². The molecule has 0 aliphatic carbocycles. The number of ether oxygens (including phenoxy) is 1. The van der Waals surface area contributed by atoms with Crippen molar-refractivity contribution in [3.05, 3.63) is 45.9 Å². The standard InChI is InChI=1S/C23H32N4O2S2/c1-23(2,3)17-7-5-6-8-18(17)25-20(28)19-15-31-21(26-19)16-9-12-27(13-10-16)22(30)24-11-14-29-4/h5-8,15-16H,9-14H2,1-4H3,(H,24,30)(H,25,28). The summed E-state index contributed by atoms with van der Waals surface area (Å²) in [7, 11) is 1.68. The van der Waals surface area contributed by atoms with Crippen LogP contribution in [-0.4, -0.2) is 54.3 Å². The molecule has 0 bridgehead atoms. The number of benzene rings is 1. The molecule has 0 saturated carbocycles. The second kappa shape index (κ2) is 10.5. The van der Waals surface area contributed by atoms with Crippen molar-refractivity contribution in [2.24, 2.45) is 0 Å². The number of rotatable bonds is 6. The van der Waals surface area contributed by atoms with Crippen molar-refractivity contribution < 1.29 is 9.53 Å². The number of aromatic nitrogens is 1. The number of carbonyl (C=O) groups is 1. The van der Waals surface area contributed by atoms with Gasteiger partial charge in [0.15, 0.2) is 5.11 Å². The first kappa shape index (κ1) is 23.6. The lowest BCUT2D eigenvalue weighted by Gasteiger charge is -2.33. The molecule has 6 nitrogen and oxygen atoms in total. The van der Waals surface area contributed by atoms with Crippen LogP contribution in [0.3, 0.4) is 0 Å². The zero-order valence-corrected chi connectivity index (χ0v) is 20.4. The van der Waals surface area contributed by atoms with E-state index in [-0.39, 0.29) is 11.3 Å². The van der Waals surface area contributed by atoms with Gasteiger partial charge in [0.05, 0.1) is 11.6 Å². The Morgan fingerprint density at radius 1 is 1.29 bits per heavy atom. The van der Waals surface area contributed by atoms with Gasteiger partial charge in [-0.25, -0.2) is 4.98 Å². The fraction of sp³-hybridized carbons (Fsp3) is 0.522. The number of nitrogens with one attached hydrogen (secondary N) is 2. The molecule has 2 aromatic rings. The maximum atomic E-state index is 12.8. The summed E-state index contributed by atoms with van der Waals surface area (Å²) in [6, 6.07) is 7.96. The first-order valence-electron chi connectivity index (χ1n) is 10.7. The molecule has 1 fully saturated rings. The molecule has 31 heavy (non-hydrogen) atoms. The highest BCUT2D eigenvalue weighted by atomic mass is 32.1. The van der Waals surface area contributed by atoms with Crippen LogP contribution in [0, 0.1) is 0 Å². The molecular weight excluding hydrogens is 428 g/mol. The molecule has 1 aliphatic rings. The zero-order chi connectivity index (χ0) is 22.4. The number of para-hydroxylation sites is 1. The average Bonchev–Trinajstić information content (AvgIpc) is 3.24. The van der Waals surface area contributed by atoms with E-state index in [0.717, 1.165) is 53.8 Å². The number of hydrogen-bond donors (Lipinski definition) is 2. The summed E-state index contributed by atoms with van der Waals surface area (Å²) < 4.78 is 5.06. The molecule has 8 heteroatoms. The van der Waals surface area contributed by atoms with Crippen LogP contribution in [0.4, 0.5) is 5.69 Å². The predicted molar refractivity (Wildman–Crippen MR) is 131 cm³/mol. The number of thiazole rings is 1. The van der Waals surface area contributed by atoms with Gasteiger partial charge >= 0.3 is 0 Å². The smallest absolute Gasteiger partial charge is 0.275 e. The molecule has 1 saturated heterocycles. The van der Waals surface area contributed by atoms with E-state index in [0.29, 0.717) is 18.2 Å². The lowest BCUT2D eigenvalue weighted by atomic mass is 9.86.